The third-order valence-corrected chi connectivity index (χ3v) is 5.21. The fourth-order valence-corrected chi connectivity index (χ4v) is 3.55. The van der Waals surface area contributed by atoms with E-state index in [0.29, 0.717) is 6.61 Å². The lowest BCUT2D eigenvalue weighted by atomic mass is 10.1. The third kappa shape index (κ3) is 5.33. The van der Waals surface area contributed by atoms with Gasteiger partial charge in [0.05, 0.1) is 18.9 Å². The lowest BCUT2D eigenvalue weighted by molar-refractivity contribution is 0.109. The summed E-state index contributed by atoms with van der Waals surface area (Å²) < 4.78 is 5.47. The molecule has 0 saturated carbocycles. The molecule has 2 aromatic rings. The van der Waals surface area contributed by atoms with Crippen LogP contribution in [0.25, 0.3) is 0 Å². The molecule has 152 valence electrons. The molecular weight excluding hydrogens is 364 g/mol. The second-order valence-electron chi connectivity index (χ2n) is 8.21. The maximum Gasteiger partial charge on any atom is 0.225 e. The molecule has 0 amide bonds. The van der Waals surface area contributed by atoms with Crippen LogP contribution in [-0.2, 0) is 24.3 Å². The maximum absolute atomic E-state index is 9.71. The largest absolute Gasteiger partial charge is 0.378 e. The second kappa shape index (κ2) is 8.50. The molecule has 2 aliphatic heterocycles. The molecule has 1 saturated heterocycles. The summed E-state index contributed by atoms with van der Waals surface area (Å²) in [4.78, 5) is 14.1. The minimum absolute atomic E-state index is 0.630. The first kappa shape index (κ1) is 19.8. The van der Waals surface area contributed by atoms with Gasteiger partial charge in [0, 0.05) is 56.5 Å². The summed E-state index contributed by atoms with van der Waals surface area (Å²) in [5.74, 6) is 6.72. The van der Waals surface area contributed by atoms with Gasteiger partial charge < -0.3 is 14.7 Å². The van der Waals surface area contributed by atoms with E-state index >= 15 is 0 Å². The molecule has 0 aliphatic carbocycles. The number of aliphatic hydroxyl groups is 1. The number of anilines is 1. The summed E-state index contributed by atoms with van der Waals surface area (Å²) in [5, 5.41) is 9.71. The molecule has 29 heavy (non-hydrogen) atoms. The van der Waals surface area contributed by atoms with Crippen LogP contribution in [0.2, 0.25) is 0 Å². The van der Waals surface area contributed by atoms with Crippen LogP contribution in [0.3, 0.4) is 0 Å². The lowest BCUT2D eigenvalue weighted by Gasteiger charge is -2.35. The molecule has 6 nitrogen and oxygen atoms in total. The number of rotatable bonds is 3. The van der Waals surface area contributed by atoms with E-state index in [1.165, 1.54) is 5.56 Å². The molecule has 2 aliphatic rings. The summed E-state index contributed by atoms with van der Waals surface area (Å²) in [6, 6.07) is 8.29. The monoisotopic (exact) mass is 392 g/mol. The van der Waals surface area contributed by atoms with E-state index in [1.807, 2.05) is 18.3 Å². The first-order chi connectivity index (χ1) is 14.0. The minimum atomic E-state index is -0.964. The number of aromatic nitrogens is 2. The van der Waals surface area contributed by atoms with Gasteiger partial charge in [-0.25, -0.2) is 9.97 Å². The molecule has 0 atom stereocenters. The van der Waals surface area contributed by atoms with Crippen molar-refractivity contribution in [2.45, 2.75) is 39.0 Å². The van der Waals surface area contributed by atoms with Gasteiger partial charge in [-0.3, -0.25) is 4.90 Å². The molecule has 1 N–H and O–H groups in total. The highest BCUT2D eigenvalue weighted by Crippen LogP contribution is 2.19. The molecule has 6 heteroatoms. The highest BCUT2D eigenvalue weighted by Gasteiger charge is 2.21. The van der Waals surface area contributed by atoms with Crippen molar-refractivity contribution in [1.29, 1.82) is 0 Å². The van der Waals surface area contributed by atoms with Crippen molar-refractivity contribution in [3.63, 3.8) is 0 Å². The first-order valence-corrected chi connectivity index (χ1v) is 10.2. The van der Waals surface area contributed by atoms with Crippen molar-refractivity contribution in [2.24, 2.45) is 0 Å². The summed E-state index contributed by atoms with van der Waals surface area (Å²) in [5.41, 5.74) is 3.49. The van der Waals surface area contributed by atoms with Crippen LogP contribution in [0.15, 0.2) is 30.5 Å². The van der Waals surface area contributed by atoms with E-state index in [2.05, 4.69) is 38.8 Å². The SMILES string of the molecule is CC(C)(O)C#Cc1ccc(CN2CCN(c3ncc4c(n3)CCOC4)CC2)cc1. The maximum atomic E-state index is 9.71. The van der Waals surface area contributed by atoms with Gasteiger partial charge in [0.2, 0.25) is 5.95 Å². The number of fused-ring (bicyclic) bond motifs is 1. The molecule has 4 rings (SSSR count). The average molecular weight is 393 g/mol. The van der Waals surface area contributed by atoms with Gasteiger partial charge in [-0.2, -0.15) is 0 Å². The van der Waals surface area contributed by atoms with Crippen molar-refractivity contribution in [1.82, 2.24) is 14.9 Å². The quantitative estimate of drug-likeness (QED) is 0.807. The lowest BCUT2D eigenvalue weighted by Crippen LogP contribution is -2.46. The predicted molar refractivity (Wildman–Crippen MR) is 112 cm³/mol. The molecule has 0 spiro atoms. The Hall–Kier alpha value is -2.46. The van der Waals surface area contributed by atoms with Gasteiger partial charge in [-0.05, 0) is 31.5 Å². The number of ether oxygens (including phenoxy) is 1. The van der Waals surface area contributed by atoms with Gasteiger partial charge in [-0.1, -0.05) is 24.0 Å². The molecule has 1 fully saturated rings. The molecule has 0 bridgehead atoms. The highest BCUT2D eigenvalue weighted by molar-refractivity contribution is 5.38. The summed E-state index contributed by atoms with van der Waals surface area (Å²) in [7, 11) is 0. The molecule has 1 aromatic heterocycles. The van der Waals surface area contributed by atoms with E-state index < -0.39 is 5.60 Å². The molecular formula is C23H28N4O2. The van der Waals surface area contributed by atoms with Crippen molar-refractivity contribution < 1.29 is 9.84 Å². The van der Waals surface area contributed by atoms with Gasteiger partial charge in [0.1, 0.15) is 5.60 Å². The van der Waals surface area contributed by atoms with Crippen molar-refractivity contribution in [3.05, 3.63) is 52.8 Å². The zero-order valence-corrected chi connectivity index (χ0v) is 17.2. The zero-order chi connectivity index (χ0) is 20.3. The minimum Gasteiger partial charge on any atom is -0.378 e. The van der Waals surface area contributed by atoms with Crippen molar-refractivity contribution in [2.75, 3.05) is 37.7 Å². The van der Waals surface area contributed by atoms with Crippen molar-refractivity contribution in [3.8, 4) is 11.8 Å². The fraction of sp³-hybridized carbons (Fsp3) is 0.478. The van der Waals surface area contributed by atoms with Gasteiger partial charge >= 0.3 is 0 Å². The second-order valence-corrected chi connectivity index (χ2v) is 8.21. The molecule has 3 heterocycles. The number of benzene rings is 1. The van der Waals surface area contributed by atoms with Crippen LogP contribution in [0.5, 0.6) is 0 Å². The van der Waals surface area contributed by atoms with E-state index in [4.69, 9.17) is 9.72 Å². The Bertz CT molecular complexity index is 901. The zero-order valence-electron chi connectivity index (χ0n) is 17.2. The van der Waals surface area contributed by atoms with E-state index in [0.717, 1.165) is 68.5 Å². The van der Waals surface area contributed by atoms with Crippen LogP contribution in [0.1, 0.15) is 36.2 Å². The van der Waals surface area contributed by atoms with E-state index in [1.54, 1.807) is 13.8 Å². The third-order valence-electron chi connectivity index (χ3n) is 5.21. The summed E-state index contributed by atoms with van der Waals surface area (Å²) in [6.07, 6.45) is 2.80. The van der Waals surface area contributed by atoms with Crippen LogP contribution in [-0.4, -0.2) is 58.4 Å². The topological polar surface area (TPSA) is 61.7 Å². The Kier molecular flexibility index (Phi) is 5.81. The van der Waals surface area contributed by atoms with Crippen LogP contribution < -0.4 is 4.90 Å². The normalized spacial score (nSPS) is 17.4. The Morgan fingerprint density at radius 2 is 1.90 bits per heavy atom. The van der Waals surface area contributed by atoms with Gasteiger partial charge in [0.15, 0.2) is 0 Å². The average Bonchev–Trinajstić information content (AvgIpc) is 2.73. The van der Waals surface area contributed by atoms with E-state index in [-0.39, 0.29) is 0 Å². The highest BCUT2D eigenvalue weighted by atomic mass is 16.5. The number of hydrogen-bond donors (Lipinski definition) is 1. The van der Waals surface area contributed by atoms with Crippen LogP contribution >= 0.6 is 0 Å². The Morgan fingerprint density at radius 1 is 1.14 bits per heavy atom. The smallest absolute Gasteiger partial charge is 0.225 e. The standard InChI is InChI=1S/C23H28N4O2/c1-23(2,28)9-7-18-3-5-19(6-4-18)16-26-10-12-27(13-11-26)22-24-15-20-17-29-14-8-21(20)25-22/h3-6,15,28H,8,10-14,16-17H2,1-2H3. The number of piperazine rings is 1. The molecule has 0 radical (unpaired) electrons. The summed E-state index contributed by atoms with van der Waals surface area (Å²) in [6.45, 7) is 9.54. The Balaban J connectivity index is 1.31. The van der Waals surface area contributed by atoms with Crippen LogP contribution in [0, 0.1) is 11.8 Å². The number of nitrogens with zero attached hydrogens (tertiary/aromatic N) is 4. The predicted octanol–water partition coefficient (Wildman–Crippen LogP) is 1.99. The fourth-order valence-electron chi connectivity index (χ4n) is 3.55. The molecule has 0 unspecified atom stereocenters. The summed E-state index contributed by atoms with van der Waals surface area (Å²) >= 11 is 0. The van der Waals surface area contributed by atoms with Crippen molar-refractivity contribution >= 4 is 5.95 Å². The Morgan fingerprint density at radius 3 is 2.62 bits per heavy atom. The van der Waals surface area contributed by atoms with E-state index in [9.17, 15) is 5.11 Å². The van der Waals surface area contributed by atoms with Gasteiger partial charge in [0.25, 0.3) is 0 Å². The number of hydrogen-bond acceptors (Lipinski definition) is 6. The van der Waals surface area contributed by atoms with Crippen LogP contribution in [0.4, 0.5) is 5.95 Å². The first-order valence-electron chi connectivity index (χ1n) is 10.2. The molecule has 1 aromatic carbocycles. The van der Waals surface area contributed by atoms with Gasteiger partial charge in [-0.15, -0.1) is 0 Å². The Labute approximate surface area is 172 Å².